The summed E-state index contributed by atoms with van der Waals surface area (Å²) < 4.78 is 24.1. The van der Waals surface area contributed by atoms with E-state index >= 15 is 0 Å². The molecule has 4 heterocycles. The maximum atomic E-state index is 6.51. The van der Waals surface area contributed by atoms with Gasteiger partial charge in [-0.15, -0.1) is 0 Å². The van der Waals surface area contributed by atoms with Gasteiger partial charge in [-0.05, 0) is 142 Å². The Kier molecular flexibility index (Phi) is 19.4. The second-order valence-electron chi connectivity index (χ2n) is 18.1. The molecular formula is C66H62N4O4. The van der Waals surface area contributed by atoms with E-state index in [1.165, 1.54) is 75.3 Å². The van der Waals surface area contributed by atoms with Gasteiger partial charge in [-0.1, -0.05) is 138 Å². The van der Waals surface area contributed by atoms with Crippen LogP contribution in [0.25, 0.3) is 55.4 Å². The summed E-state index contributed by atoms with van der Waals surface area (Å²) in [7, 11) is 3.18. The van der Waals surface area contributed by atoms with Gasteiger partial charge in [0.2, 0.25) is 0 Å². The first kappa shape index (κ1) is 52.1. The molecule has 0 aliphatic heterocycles. The Morgan fingerprint density at radius 3 is 1.18 bits per heavy atom. The Bertz CT molecular complexity index is 3160. The molecule has 0 N–H and O–H groups in total. The van der Waals surface area contributed by atoms with Gasteiger partial charge < -0.3 is 18.9 Å². The van der Waals surface area contributed by atoms with E-state index in [1.54, 1.807) is 26.6 Å². The van der Waals surface area contributed by atoms with Crippen LogP contribution < -0.4 is 9.47 Å². The molecule has 0 fully saturated rings. The van der Waals surface area contributed by atoms with Crippen LogP contribution in [0.4, 0.5) is 0 Å². The van der Waals surface area contributed by atoms with Gasteiger partial charge in [0, 0.05) is 61.3 Å². The first-order valence-electron chi connectivity index (χ1n) is 25.8. The molecule has 0 saturated carbocycles. The lowest BCUT2D eigenvalue weighted by molar-refractivity contribution is 0.0500. The van der Waals surface area contributed by atoms with E-state index in [4.69, 9.17) is 28.9 Å². The number of hydrogen-bond donors (Lipinski definition) is 0. The Labute approximate surface area is 437 Å². The van der Waals surface area contributed by atoms with Gasteiger partial charge in [-0.3, -0.25) is 19.9 Å². The fourth-order valence-electron chi connectivity index (χ4n) is 8.83. The third-order valence-electron chi connectivity index (χ3n) is 12.7. The summed E-state index contributed by atoms with van der Waals surface area (Å²) in [5.74, 6) is 26.3. The third-order valence-corrected chi connectivity index (χ3v) is 12.7. The van der Waals surface area contributed by atoms with Crippen molar-refractivity contribution in [3.05, 3.63) is 167 Å². The molecule has 0 spiro atoms. The van der Waals surface area contributed by atoms with E-state index in [2.05, 4.69) is 108 Å². The SMILES string of the molecule is CCCCCCCc1ccc(-c2ccc(C#CC#Cc3cc4ccccc4c(-c4c(OCOC)c(C#CC#Cc5ccc(-c6ccc(CCCCCCC)cn6)nc5)cc5ccccc45)c3OCOC)cn2)nc1. The van der Waals surface area contributed by atoms with E-state index in [0.717, 1.165) is 79.4 Å². The first-order chi connectivity index (χ1) is 36.6. The highest BCUT2D eigenvalue weighted by atomic mass is 16.7. The van der Waals surface area contributed by atoms with Crippen LogP contribution >= 0.6 is 0 Å². The molecule has 8 rings (SSSR count). The monoisotopic (exact) mass is 974 g/mol. The number of unbranched alkanes of at least 4 members (excludes halogenated alkanes) is 8. The smallest absolute Gasteiger partial charge is 0.188 e. The Morgan fingerprint density at radius 1 is 0.405 bits per heavy atom. The van der Waals surface area contributed by atoms with E-state index in [0.29, 0.717) is 22.6 Å². The first-order valence-corrected chi connectivity index (χ1v) is 25.8. The van der Waals surface area contributed by atoms with Crippen LogP contribution in [0.5, 0.6) is 11.5 Å². The molecule has 8 heteroatoms. The molecule has 4 aromatic heterocycles. The Hall–Kier alpha value is -8.24. The zero-order valence-corrected chi connectivity index (χ0v) is 43.0. The fourth-order valence-corrected chi connectivity index (χ4v) is 8.83. The van der Waals surface area contributed by atoms with Gasteiger partial charge in [-0.2, -0.15) is 0 Å². The number of ether oxygens (including phenoxy) is 4. The minimum atomic E-state index is -0.0283. The Morgan fingerprint density at radius 2 is 0.797 bits per heavy atom. The number of benzene rings is 4. The predicted octanol–water partition coefficient (Wildman–Crippen LogP) is 14.4. The maximum absolute atomic E-state index is 6.51. The molecule has 0 atom stereocenters. The molecule has 0 aliphatic carbocycles. The number of pyridine rings is 4. The second kappa shape index (κ2) is 27.5. The highest BCUT2D eigenvalue weighted by Gasteiger charge is 2.24. The van der Waals surface area contributed by atoms with Crippen molar-refractivity contribution in [3.8, 4) is 92.8 Å². The molecule has 0 aliphatic rings. The van der Waals surface area contributed by atoms with Gasteiger partial charge in [0.05, 0.1) is 33.9 Å². The molecule has 8 nitrogen and oxygen atoms in total. The molecule has 0 saturated heterocycles. The van der Waals surface area contributed by atoms with Crippen LogP contribution in [0.2, 0.25) is 0 Å². The number of aromatic nitrogens is 4. The number of hydrogen-bond acceptors (Lipinski definition) is 8. The number of aryl methyl sites for hydroxylation is 2. The van der Waals surface area contributed by atoms with Crippen molar-refractivity contribution >= 4 is 21.5 Å². The van der Waals surface area contributed by atoms with Crippen LogP contribution in [0.1, 0.15) is 111 Å². The quantitative estimate of drug-likeness (QED) is 0.0400. The molecule has 0 bridgehead atoms. The average Bonchev–Trinajstić information content (AvgIpc) is 3.46. The number of rotatable bonds is 21. The van der Waals surface area contributed by atoms with Gasteiger partial charge in [0.25, 0.3) is 0 Å². The van der Waals surface area contributed by atoms with E-state index in [1.807, 2.05) is 85.2 Å². The lowest BCUT2D eigenvalue weighted by Crippen LogP contribution is -2.06. The zero-order chi connectivity index (χ0) is 51.2. The van der Waals surface area contributed by atoms with Gasteiger partial charge >= 0.3 is 0 Å². The molecule has 0 unspecified atom stereocenters. The summed E-state index contributed by atoms with van der Waals surface area (Å²) >= 11 is 0. The van der Waals surface area contributed by atoms with Crippen LogP contribution in [0.15, 0.2) is 134 Å². The maximum Gasteiger partial charge on any atom is 0.188 e. The van der Waals surface area contributed by atoms with Crippen LogP contribution in [-0.2, 0) is 22.3 Å². The highest BCUT2D eigenvalue weighted by molar-refractivity contribution is 6.11. The summed E-state index contributed by atoms with van der Waals surface area (Å²) in [4.78, 5) is 18.7. The van der Waals surface area contributed by atoms with Crippen LogP contribution in [-0.4, -0.2) is 47.7 Å². The largest absolute Gasteiger partial charge is 0.466 e. The highest BCUT2D eigenvalue weighted by Crippen LogP contribution is 2.48. The zero-order valence-electron chi connectivity index (χ0n) is 43.0. The lowest BCUT2D eigenvalue weighted by atomic mass is 9.88. The second-order valence-corrected chi connectivity index (χ2v) is 18.1. The molecule has 4 aromatic carbocycles. The van der Waals surface area contributed by atoms with Crippen molar-refractivity contribution in [3.63, 3.8) is 0 Å². The summed E-state index contributed by atoms with van der Waals surface area (Å²) in [5.41, 5.74) is 10.0. The summed E-state index contributed by atoms with van der Waals surface area (Å²) in [5, 5.41) is 3.74. The lowest BCUT2D eigenvalue weighted by Gasteiger charge is -2.21. The van der Waals surface area contributed by atoms with Crippen molar-refractivity contribution < 1.29 is 18.9 Å². The summed E-state index contributed by atoms with van der Waals surface area (Å²) in [6.07, 6.45) is 22.1. The van der Waals surface area contributed by atoms with E-state index in [-0.39, 0.29) is 13.6 Å². The van der Waals surface area contributed by atoms with Crippen LogP contribution in [0.3, 0.4) is 0 Å². The number of nitrogens with zero attached hydrogens (tertiary/aromatic N) is 4. The van der Waals surface area contributed by atoms with E-state index in [9.17, 15) is 0 Å². The number of fused-ring (bicyclic) bond motifs is 2. The third kappa shape index (κ3) is 14.0. The summed E-state index contributed by atoms with van der Waals surface area (Å²) in [6.45, 7) is 4.43. The normalized spacial score (nSPS) is 10.6. The van der Waals surface area contributed by atoms with Gasteiger partial charge in [0.1, 0.15) is 11.5 Å². The molecule has 0 amide bonds. The minimum Gasteiger partial charge on any atom is -0.466 e. The van der Waals surface area contributed by atoms with Crippen molar-refractivity contribution in [2.75, 3.05) is 27.8 Å². The molecule has 74 heavy (non-hydrogen) atoms. The minimum absolute atomic E-state index is 0.0283. The molecular weight excluding hydrogens is 913 g/mol. The summed E-state index contributed by atoms with van der Waals surface area (Å²) in [6, 6.07) is 36.5. The van der Waals surface area contributed by atoms with Crippen molar-refractivity contribution in [1.82, 2.24) is 19.9 Å². The van der Waals surface area contributed by atoms with Crippen molar-refractivity contribution in [1.29, 1.82) is 0 Å². The Balaban J connectivity index is 1.09. The van der Waals surface area contributed by atoms with Gasteiger partial charge in [-0.25, -0.2) is 0 Å². The standard InChI is InChI=1S/C66H62N4O4/c1-5-7-9-11-13-23-49-33-37-59(67-43-49)61-39-35-51(45-69-61)25-15-17-29-55-41-53-27-19-21-31-57(53)63(65(55)73-47-71-3)64-58-32-22-20-28-54(58)42-56(66(64)74-48-72-4)30-18-16-26-52-36-40-62(70-46-52)60-38-34-50(44-68-60)24-14-12-10-8-6-2/h19-22,27-28,31-46H,5-14,23-24,47-48H2,1-4H3. The van der Waals surface area contributed by atoms with Crippen molar-refractivity contribution in [2.45, 2.75) is 90.9 Å². The number of methoxy groups -OCH3 is 2. The van der Waals surface area contributed by atoms with E-state index < -0.39 is 0 Å². The van der Waals surface area contributed by atoms with Crippen molar-refractivity contribution in [2.24, 2.45) is 0 Å². The van der Waals surface area contributed by atoms with Crippen LogP contribution in [0, 0.1) is 47.4 Å². The topological polar surface area (TPSA) is 88.5 Å². The molecule has 370 valence electrons. The molecule has 0 radical (unpaired) electrons. The molecule has 8 aromatic rings. The average molecular weight is 975 g/mol. The fraction of sp³-hybridized carbons (Fsp3) is 0.273. The predicted molar refractivity (Wildman–Crippen MR) is 299 cm³/mol. The van der Waals surface area contributed by atoms with Gasteiger partial charge in [0.15, 0.2) is 13.6 Å².